The zero-order chi connectivity index (χ0) is 8.84. The van der Waals surface area contributed by atoms with E-state index in [2.05, 4.69) is 16.0 Å². The Morgan fingerprint density at radius 1 is 1.38 bits per heavy atom. The maximum Gasteiger partial charge on any atom is 0.138 e. The standard InChI is InChI=1S/C10H9ClN2/c11-9-4-7-3-8(6-1-2-6)5-12-10(7)13-9/h3-6H,1-2H2,(H,12,13). The zero-order valence-corrected chi connectivity index (χ0v) is 7.80. The van der Waals surface area contributed by atoms with E-state index in [9.17, 15) is 0 Å². The van der Waals surface area contributed by atoms with E-state index in [0.717, 1.165) is 17.0 Å². The van der Waals surface area contributed by atoms with Crippen LogP contribution < -0.4 is 0 Å². The van der Waals surface area contributed by atoms with Crippen LogP contribution in [0.1, 0.15) is 24.3 Å². The highest BCUT2D eigenvalue weighted by Gasteiger charge is 2.23. The molecule has 0 saturated heterocycles. The van der Waals surface area contributed by atoms with Gasteiger partial charge >= 0.3 is 0 Å². The van der Waals surface area contributed by atoms with Crippen molar-refractivity contribution in [2.75, 3.05) is 0 Å². The monoisotopic (exact) mass is 192 g/mol. The molecular formula is C10H9ClN2. The van der Waals surface area contributed by atoms with Crippen LogP contribution in [0.4, 0.5) is 0 Å². The van der Waals surface area contributed by atoms with Gasteiger partial charge in [-0.15, -0.1) is 0 Å². The van der Waals surface area contributed by atoms with Crippen molar-refractivity contribution in [3.05, 3.63) is 29.0 Å². The minimum Gasteiger partial charge on any atom is -0.330 e. The maximum absolute atomic E-state index is 5.84. The van der Waals surface area contributed by atoms with Gasteiger partial charge in [-0.1, -0.05) is 11.6 Å². The van der Waals surface area contributed by atoms with Crippen LogP contribution in [0.3, 0.4) is 0 Å². The quantitative estimate of drug-likeness (QED) is 0.739. The van der Waals surface area contributed by atoms with E-state index in [0.29, 0.717) is 5.15 Å². The summed E-state index contributed by atoms with van der Waals surface area (Å²) < 4.78 is 0. The summed E-state index contributed by atoms with van der Waals surface area (Å²) in [7, 11) is 0. The van der Waals surface area contributed by atoms with Gasteiger partial charge in [0, 0.05) is 11.6 Å². The van der Waals surface area contributed by atoms with Crippen LogP contribution in [0.25, 0.3) is 11.0 Å². The van der Waals surface area contributed by atoms with Gasteiger partial charge in [0.05, 0.1) is 0 Å². The van der Waals surface area contributed by atoms with Gasteiger partial charge in [0.25, 0.3) is 0 Å². The number of hydrogen-bond acceptors (Lipinski definition) is 1. The summed E-state index contributed by atoms with van der Waals surface area (Å²) in [5, 5.41) is 1.78. The van der Waals surface area contributed by atoms with Gasteiger partial charge in [-0.3, -0.25) is 0 Å². The smallest absolute Gasteiger partial charge is 0.138 e. The second kappa shape index (κ2) is 2.48. The molecule has 0 spiro atoms. The zero-order valence-electron chi connectivity index (χ0n) is 7.05. The molecule has 0 amide bonds. The largest absolute Gasteiger partial charge is 0.330 e. The molecule has 0 bridgehead atoms. The van der Waals surface area contributed by atoms with Crippen molar-refractivity contribution in [1.82, 2.24) is 9.97 Å². The molecule has 0 aromatic carbocycles. The van der Waals surface area contributed by atoms with Gasteiger partial charge in [0.2, 0.25) is 0 Å². The summed E-state index contributed by atoms with van der Waals surface area (Å²) in [5.74, 6) is 0.755. The number of halogens is 1. The molecule has 3 rings (SSSR count). The predicted molar refractivity (Wildman–Crippen MR) is 53.1 cm³/mol. The number of fused-ring (bicyclic) bond motifs is 1. The highest BCUT2D eigenvalue weighted by molar-refractivity contribution is 6.30. The van der Waals surface area contributed by atoms with Gasteiger partial charge in [-0.2, -0.15) is 0 Å². The summed E-state index contributed by atoms with van der Waals surface area (Å²) in [5.41, 5.74) is 2.23. The Kier molecular flexibility index (Phi) is 1.41. The van der Waals surface area contributed by atoms with Gasteiger partial charge in [0.15, 0.2) is 0 Å². The van der Waals surface area contributed by atoms with E-state index in [1.54, 1.807) is 0 Å². The summed E-state index contributed by atoms with van der Waals surface area (Å²) >= 11 is 5.84. The van der Waals surface area contributed by atoms with Crippen molar-refractivity contribution in [3.63, 3.8) is 0 Å². The highest BCUT2D eigenvalue weighted by Crippen LogP contribution is 2.40. The lowest BCUT2D eigenvalue weighted by Gasteiger charge is -1.95. The molecule has 2 aromatic heterocycles. The van der Waals surface area contributed by atoms with Gasteiger partial charge in [0.1, 0.15) is 10.8 Å². The minimum absolute atomic E-state index is 0.662. The molecule has 2 heterocycles. The van der Waals surface area contributed by atoms with Crippen molar-refractivity contribution in [2.24, 2.45) is 0 Å². The third-order valence-corrected chi connectivity index (χ3v) is 2.71. The van der Waals surface area contributed by atoms with E-state index in [1.807, 2.05) is 12.3 Å². The number of rotatable bonds is 1. The number of H-pyrrole nitrogens is 1. The molecule has 2 aromatic rings. The molecule has 0 radical (unpaired) electrons. The molecule has 0 aliphatic heterocycles. The maximum atomic E-state index is 5.84. The van der Waals surface area contributed by atoms with Crippen LogP contribution in [0.2, 0.25) is 5.15 Å². The first kappa shape index (κ1) is 7.39. The molecule has 1 aliphatic carbocycles. The number of nitrogens with zero attached hydrogens (tertiary/aromatic N) is 1. The van der Waals surface area contributed by atoms with Crippen LogP contribution in [-0.4, -0.2) is 9.97 Å². The molecule has 66 valence electrons. The Balaban J connectivity index is 2.20. The lowest BCUT2D eigenvalue weighted by molar-refractivity contribution is 1.11. The SMILES string of the molecule is Clc1cc2cc(C3CC3)cnc2[nH]1. The number of pyridine rings is 1. The second-order valence-corrected chi connectivity index (χ2v) is 4.01. The molecular weight excluding hydrogens is 184 g/mol. The molecule has 13 heavy (non-hydrogen) atoms. The molecule has 0 unspecified atom stereocenters. The first-order valence-corrected chi connectivity index (χ1v) is 4.85. The Hall–Kier alpha value is -1.02. The van der Waals surface area contributed by atoms with Gasteiger partial charge in [-0.05, 0) is 36.5 Å². The average molecular weight is 193 g/mol. The highest BCUT2D eigenvalue weighted by atomic mass is 35.5. The first-order valence-electron chi connectivity index (χ1n) is 4.47. The molecule has 1 N–H and O–H groups in total. The lowest BCUT2D eigenvalue weighted by atomic mass is 10.1. The van der Waals surface area contributed by atoms with Crippen LogP contribution >= 0.6 is 11.6 Å². The fourth-order valence-electron chi connectivity index (χ4n) is 1.64. The average Bonchev–Trinajstić information content (AvgIpc) is 2.87. The molecule has 3 heteroatoms. The van der Waals surface area contributed by atoms with E-state index in [4.69, 9.17) is 11.6 Å². The normalized spacial score (nSPS) is 16.7. The Morgan fingerprint density at radius 3 is 3.00 bits per heavy atom. The van der Waals surface area contributed by atoms with E-state index >= 15 is 0 Å². The summed E-state index contributed by atoms with van der Waals surface area (Å²) in [6, 6.07) is 4.11. The topological polar surface area (TPSA) is 28.7 Å². The number of aromatic nitrogens is 2. The third kappa shape index (κ3) is 1.22. The Bertz CT molecular complexity index is 457. The fourth-order valence-corrected chi connectivity index (χ4v) is 1.85. The van der Waals surface area contributed by atoms with E-state index < -0.39 is 0 Å². The van der Waals surface area contributed by atoms with E-state index in [-0.39, 0.29) is 0 Å². The van der Waals surface area contributed by atoms with Crippen LogP contribution in [-0.2, 0) is 0 Å². The third-order valence-electron chi connectivity index (χ3n) is 2.51. The number of aromatic amines is 1. The molecule has 1 fully saturated rings. The van der Waals surface area contributed by atoms with Crippen molar-refractivity contribution in [1.29, 1.82) is 0 Å². The summed E-state index contributed by atoms with van der Waals surface area (Å²) in [4.78, 5) is 7.32. The first-order chi connectivity index (χ1) is 6.33. The second-order valence-electron chi connectivity index (χ2n) is 3.60. The summed E-state index contributed by atoms with van der Waals surface area (Å²) in [6.07, 6.45) is 4.57. The minimum atomic E-state index is 0.662. The number of hydrogen-bond donors (Lipinski definition) is 1. The van der Waals surface area contributed by atoms with E-state index in [1.165, 1.54) is 18.4 Å². The van der Waals surface area contributed by atoms with Crippen molar-refractivity contribution >= 4 is 22.6 Å². The Morgan fingerprint density at radius 2 is 2.23 bits per heavy atom. The van der Waals surface area contributed by atoms with Gasteiger partial charge < -0.3 is 4.98 Å². The number of nitrogens with one attached hydrogen (secondary N) is 1. The van der Waals surface area contributed by atoms with Crippen molar-refractivity contribution in [3.8, 4) is 0 Å². The van der Waals surface area contributed by atoms with Crippen LogP contribution in [0.15, 0.2) is 18.3 Å². The van der Waals surface area contributed by atoms with Gasteiger partial charge in [-0.25, -0.2) is 4.98 Å². The predicted octanol–water partition coefficient (Wildman–Crippen LogP) is 3.09. The molecule has 2 nitrogen and oxygen atoms in total. The van der Waals surface area contributed by atoms with Crippen LogP contribution in [0.5, 0.6) is 0 Å². The molecule has 1 aliphatic rings. The Labute approximate surface area is 80.9 Å². The summed E-state index contributed by atoms with van der Waals surface area (Å²) in [6.45, 7) is 0. The fraction of sp³-hybridized carbons (Fsp3) is 0.300. The van der Waals surface area contributed by atoms with Crippen molar-refractivity contribution in [2.45, 2.75) is 18.8 Å². The lowest BCUT2D eigenvalue weighted by Crippen LogP contribution is -1.82. The molecule has 0 atom stereocenters. The van der Waals surface area contributed by atoms with Crippen LogP contribution in [0, 0.1) is 0 Å². The van der Waals surface area contributed by atoms with Crippen molar-refractivity contribution < 1.29 is 0 Å². The molecule has 1 saturated carbocycles.